The van der Waals surface area contributed by atoms with E-state index in [-0.39, 0.29) is 11.9 Å². The van der Waals surface area contributed by atoms with Crippen LogP contribution in [0.15, 0.2) is 80.8 Å². The maximum absolute atomic E-state index is 13.4. The number of rotatable bonds is 1. The SMILES string of the molecule is O=C1Nc2ccc(Br)cc2[C@@]12Oc1ccccc1[C@@H]1CC(c3ccc(Br)cc3)=NN12. The highest BCUT2D eigenvalue weighted by Crippen LogP contribution is 2.54. The van der Waals surface area contributed by atoms with Gasteiger partial charge in [0.05, 0.1) is 23.0 Å². The largest absolute Gasteiger partial charge is 0.453 e. The average molecular weight is 525 g/mol. The molecule has 3 aliphatic rings. The zero-order valence-electron chi connectivity index (χ0n) is 15.6. The first-order valence-electron chi connectivity index (χ1n) is 9.58. The first-order valence-corrected chi connectivity index (χ1v) is 11.2. The van der Waals surface area contributed by atoms with Crippen LogP contribution in [-0.4, -0.2) is 16.6 Å². The topological polar surface area (TPSA) is 53.9 Å². The minimum Gasteiger partial charge on any atom is -0.453 e. The molecule has 0 bridgehead atoms. The molecule has 6 rings (SSSR count). The molecule has 0 fully saturated rings. The summed E-state index contributed by atoms with van der Waals surface area (Å²) in [6, 6.07) is 21.6. The molecule has 1 N–H and O–H groups in total. The number of anilines is 1. The number of benzene rings is 3. The third-order valence-electron chi connectivity index (χ3n) is 5.85. The van der Waals surface area contributed by atoms with Gasteiger partial charge in [-0.1, -0.05) is 62.2 Å². The van der Waals surface area contributed by atoms with E-state index in [9.17, 15) is 4.79 Å². The summed E-state index contributed by atoms with van der Waals surface area (Å²) >= 11 is 7.03. The second kappa shape index (κ2) is 6.43. The molecule has 1 spiro atoms. The van der Waals surface area contributed by atoms with Crippen molar-refractivity contribution in [2.24, 2.45) is 5.10 Å². The van der Waals surface area contributed by atoms with Crippen molar-refractivity contribution in [3.63, 3.8) is 0 Å². The number of amides is 1. The summed E-state index contributed by atoms with van der Waals surface area (Å²) in [5, 5.41) is 9.79. The van der Waals surface area contributed by atoms with Crippen LogP contribution in [0.5, 0.6) is 5.75 Å². The normalized spacial score (nSPS) is 23.4. The fourth-order valence-electron chi connectivity index (χ4n) is 4.48. The van der Waals surface area contributed by atoms with Crippen LogP contribution in [0.25, 0.3) is 0 Å². The van der Waals surface area contributed by atoms with Gasteiger partial charge in [-0.3, -0.25) is 4.79 Å². The number of hydrazone groups is 1. The molecule has 3 aromatic carbocycles. The fraction of sp³-hybridized carbons (Fsp3) is 0.130. The van der Waals surface area contributed by atoms with Gasteiger partial charge in [-0.25, -0.2) is 5.01 Å². The Labute approximate surface area is 190 Å². The van der Waals surface area contributed by atoms with Gasteiger partial charge in [-0.05, 0) is 42.0 Å². The Bertz CT molecular complexity index is 1240. The van der Waals surface area contributed by atoms with Crippen molar-refractivity contribution in [2.45, 2.75) is 18.2 Å². The molecule has 0 aromatic heterocycles. The molecule has 7 heteroatoms. The maximum atomic E-state index is 13.4. The summed E-state index contributed by atoms with van der Waals surface area (Å²) in [5.41, 5.74) is 3.18. The number of para-hydroxylation sites is 1. The first kappa shape index (κ1) is 18.2. The van der Waals surface area contributed by atoms with E-state index in [1.165, 1.54) is 0 Å². The Morgan fingerprint density at radius 2 is 1.80 bits per heavy atom. The zero-order chi connectivity index (χ0) is 20.5. The predicted octanol–water partition coefficient (Wildman–Crippen LogP) is 5.56. The van der Waals surface area contributed by atoms with Crippen molar-refractivity contribution in [2.75, 3.05) is 5.32 Å². The summed E-state index contributed by atoms with van der Waals surface area (Å²) in [6.07, 6.45) is 0.695. The molecule has 1 amide bonds. The van der Waals surface area contributed by atoms with E-state index in [4.69, 9.17) is 9.84 Å². The van der Waals surface area contributed by atoms with Crippen LogP contribution in [-0.2, 0) is 10.5 Å². The molecule has 5 nitrogen and oxygen atoms in total. The van der Waals surface area contributed by atoms with Gasteiger partial charge in [0.2, 0.25) is 0 Å². The number of ether oxygens (including phenoxy) is 1. The molecule has 0 radical (unpaired) electrons. The third-order valence-corrected chi connectivity index (χ3v) is 6.87. The highest BCUT2D eigenvalue weighted by atomic mass is 79.9. The Morgan fingerprint density at radius 3 is 2.63 bits per heavy atom. The van der Waals surface area contributed by atoms with Gasteiger partial charge in [-0.15, -0.1) is 0 Å². The molecule has 0 aliphatic carbocycles. The van der Waals surface area contributed by atoms with E-state index in [0.717, 1.165) is 37.0 Å². The molecule has 3 aromatic rings. The summed E-state index contributed by atoms with van der Waals surface area (Å²) in [6.45, 7) is 0. The molecular formula is C23H15Br2N3O2. The molecule has 30 heavy (non-hydrogen) atoms. The summed E-state index contributed by atoms with van der Waals surface area (Å²) in [4.78, 5) is 13.4. The number of fused-ring (bicyclic) bond motifs is 6. The Hall–Kier alpha value is -2.64. The second-order valence-electron chi connectivity index (χ2n) is 7.55. The van der Waals surface area contributed by atoms with Gasteiger partial charge in [0.15, 0.2) is 0 Å². The monoisotopic (exact) mass is 523 g/mol. The van der Waals surface area contributed by atoms with E-state index >= 15 is 0 Å². The molecule has 0 saturated carbocycles. The van der Waals surface area contributed by atoms with Crippen molar-refractivity contribution in [3.05, 3.63) is 92.4 Å². The number of carbonyl (C=O) groups excluding carboxylic acids is 1. The van der Waals surface area contributed by atoms with E-state index in [2.05, 4.69) is 43.2 Å². The Morgan fingerprint density at radius 1 is 1.03 bits per heavy atom. The molecular weight excluding hydrogens is 510 g/mol. The number of carbonyl (C=O) groups is 1. The lowest BCUT2D eigenvalue weighted by atomic mass is 9.92. The molecule has 0 unspecified atom stereocenters. The van der Waals surface area contributed by atoms with E-state index < -0.39 is 5.72 Å². The molecule has 2 atom stereocenters. The fourth-order valence-corrected chi connectivity index (χ4v) is 5.10. The standard InChI is InChI=1S/C23H15Br2N3O2/c24-14-7-5-13(6-8-14)19-12-20-16-3-1-2-4-21(16)30-23(28(20)27-19)17-11-15(25)9-10-18(17)26-22(23)29/h1-11,20H,12H2,(H,26,29)/t20-,23+/m0/s1. The van der Waals surface area contributed by atoms with Gasteiger partial charge >= 0.3 is 5.72 Å². The van der Waals surface area contributed by atoms with Crippen molar-refractivity contribution in [3.8, 4) is 5.75 Å². The lowest BCUT2D eigenvalue weighted by molar-refractivity contribution is -0.161. The van der Waals surface area contributed by atoms with Crippen LogP contribution in [0.2, 0.25) is 0 Å². The highest BCUT2D eigenvalue weighted by Gasteiger charge is 2.60. The molecule has 0 saturated heterocycles. The average Bonchev–Trinajstić information content (AvgIpc) is 3.30. The van der Waals surface area contributed by atoms with Gasteiger partial charge in [0.1, 0.15) is 5.75 Å². The van der Waals surface area contributed by atoms with E-state index in [0.29, 0.717) is 12.2 Å². The quantitative estimate of drug-likeness (QED) is 0.453. The van der Waals surface area contributed by atoms with Gasteiger partial charge in [0.25, 0.3) is 5.91 Å². The van der Waals surface area contributed by atoms with Crippen LogP contribution in [0.4, 0.5) is 5.69 Å². The number of hydrogen-bond donors (Lipinski definition) is 1. The lowest BCUT2D eigenvalue weighted by Crippen LogP contribution is -2.55. The van der Waals surface area contributed by atoms with Crippen molar-refractivity contribution >= 4 is 49.2 Å². The first-order chi connectivity index (χ1) is 14.6. The van der Waals surface area contributed by atoms with E-state index in [1.54, 1.807) is 0 Å². The number of nitrogens with zero attached hydrogens (tertiary/aromatic N) is 2. The summed E-state index contributed by atoms with van der Waals surface area (Å²) in [7, 11) is 0. The minimum absolute atomic E-state index is 0.0933. The van der Waals surface area contributed by atoms with E-state index in [1.807, 2.05) is 65.7 Å². The van der Waals surface area contributed by atoms with Gasteiger partial charge in [-0.2, -0.15) is 5.10 Å². The molecule has 148 valence electrons. The maximum Gasteiger partial charge on any atom is 0.306 e. The third kappa shape index (κ3) is 2.45. The second-order valence-corrected chi connectivity index (χ2v) is 9.38. The van der Waals surface area contributed by atoms with Crippen molar-refractivity contribution in [1.82, 2.24) is 5.01 Å². The smallest absolute Gasteiger partial charge is 0.306 e. The number of nitrogens with one attached hydrogen (secondary N) is 1. The van der Waals surface area contributed by atoms with Crippen LogP contribution in [0, 0.1) is 0 Å². The van der Waals surface area contributed by atoms with Gasteiger partial charge < -0.3 is 10.1 Å². The van der Waals surface area contributed by atoms with Gasteiger partial charge in [0, 0.05) is 20.9 Å². The summed E-state index contributed by atoms with van der Waals surface area (Å²) in [5.74, 6) is 0.491. The molecule has 3 aliphatic heterocycles. The van der Waals surface area contributed by atoms with Crippen LogP contribution in [0.3, 0.4) is 0 Å². The Kier molecular flexibility index (Phi) is 3.89. The highest BCUT2D eigenvalue weighted by molar-refractivity contribution is 9.10. The molecule has 3 heterocycles. The van der Waals surface area contributed by atoms with Crippen LogP contribution >= 0.6 is 31.9 Å². The predicted molar refractivity (Wildman–Crippen MR) is 121 cm³/mol. The van der Waals surface area contributed by atoms with Crippen molar-refractivity contribution < 1.29 is 9.53 Å². The Balaban J connectivity index is 1.57. The van der Waals surface area contributed by atoms with Crippen LogP contribution < -0.4 is 10.1 Å². The van der Waals surface area contributed by atoms with Crippen LogP contribution in [0.1, 0.15) is 29.2 Å². The zero-order valence-corrected chi connectivity index (χ0v) is 18.8. The number of halogens is 2. The number of hydrogen-bond acceptors (Lipinski definition) is 4. The minimum atomic E-state index is -1.34. The summed E-state index contributed by atoms with van der Waals surface area (Å²) < 4.78 is 8.37. The lowest BCUT2D eigenvalue weighted by Gasteiger charge is -2.44. The van der Waals surface area contributed by atoms with Crippen molar-refractivity contribution in [1.29, 1.82) is 0 Å².